The molecule has 2 N–H and O–H groups in total. The Labute approximate surface area is 106 Å². The van der Waals surface area contributed by atoms with Crippen molar-refractivity contribution in [3.8, 4) is 0 Å². The summed E-state index contributed by atoms with van der Waals surface area (Å²) in [7, 11) is 0. The Morgan fingerprint density at radius 3 is 2.59 bits per heavy atom. The summed E-state index contributed by atoms with van der Waals surface area (Å²) >= 11 is 0. The van der Waals surface area contributed by atoms with E-state index in [1.54, 1.807) is 0 Å². The molecule has 1 aliphatic heterocycles. The Morgan fingerprint density at radius 1 is 1.18 bits per heavy atom. The van der Waals surface area contributed by atoms with Crippen molar-refractivity contribution in [2.75, 3.05) is 32.7 Å². The van der Waals surface area contributed by atoms with Crippen LogP contribution in [0.25, 0.3) is 0 Å². The fourth-order valence-electron chi connectivity index (χ4n) is 3.74. The number of nitrogens with zero attached hydrogens (tertiary/aromatic N) is 2. The highest BCUT2D eigenvalue weighted by Gasteiger charge is 2.33. The Kier molecular flexibility index (Phi) is 4.83. The van der Waals surface area contributed by atoms with Gasteiger partial charge in [-0.2, -0.15) is 0 Å². The molecule has 3 nitrogen and oxygen atoms in total. The van der Waals surface area contributed by atoms with Gasteiger partial charge in [-0.15, -0.1) is 0 Å². The highest BCUT2D eigenvalue weighted by atomic mass is 15.3. The molecule has 100 valence electrons. The first kappa shape index (κ1) is 13.3. The van der Waals surface area contributed by atoms with E-state index in [2.05, 4.69) is 23.6 Å². The van der Waals surface area contributed by atoms with E-state index in [4.69, 9.17) is 5.73 Å². The lowest BCUT2D eigenvalue weighted by Crippen LogP contribution is -2.57. The van der Waals surface area contributed by atoms with Crippen LogP contribution < -0.4 is 5.73 Å². The van der Waals surface area contributed by atoms with Crippen LogP contribution in [0.2, 0.25) is 0 Å². The van der Waals surface area contributed by atoms with E-state index < -0.39 is 0 Å². The minimum atomic E-state index is 0.717. The quantitative estimate of drug-likeness (QED) is 0.811. The minimum absolute atomic E-state index is 0.717. The molecule has 0 aromatic carbocycles. The summed E-state index contributed by atoms with van der Waals surface area (Å²) < 4.78 is 0. The molecule has 0 spiro atoms. The van der Waals surface area contributed by atoms with Crippen LogP contribution in [0.3, 0.4) is 0 Å². The van der Waals surface area contributed by atoms with E-state index in [1.165, 1.54) is 51.9 Å². The molecule has 0 radical (unpaired) electrons. The Hall–Kier alpha value is -0.120. The number of likely N-dealkylation sites (N-methyl/N-ethyl adjacent to an activating group) is 1. The van der Waals surface area contributed by atoms with Crippen LogP contribution >= 0.6 is 0 Å². The van der Waals surface area contributed by atoms with Crippen molar-refractivity contribution in [2.45, 2.75) is 51.6 Å². The van der Waals surface area contributed by atoms with Crippen LogP contribution in [0.15, 0.2) is 0 Å². The number of nitrogens with two attached hydrogens (primary N) is 1. The average Bonchev–Trinajstić information content (AvgIpc) is 2.38. The molecule has 3 heteroatoms. The fourth-order valence-corrected chi connectivity index (χ4v) is 3.74. The van der Waals surface area contributed by atoms with Crippen LogP contribution in [-0.4, -0.2) is 54.6 Å². The second kappa shape index (κ2) is 6.17. The number of piperazine rings is 1. The third kappa shape index (κ3) is 3.01. The smallest absolute Gasteiger partial charge is 0.0195 e. The Bertz CT molecular complexity index is 232. The SMILES string of the molecule is CCN1CCN(C2CCCCC2CN)CC1C. The van der Waals surface area contributed by atoms with E-state index in [-0.39, 0.29) is 0 Å². The topological polar surface area (TPSA) is 32.5 Å². The van der Waals surface area contributed by atoms with E-state index in [0.29, 0.717) is 6.04 Å². The fraction of sp³-hybridized carbons (Fsp3) is 1.00. The van der Waals surface area contributed by atoms with Gasteiger partial charge in [-0.3, -0.25) is 9.80 Å². The van der Waals surface area contributed by atoms with Crippen molar-refractivity contribution in [2.24, 2.45) is 11.7 Å². The van der Waals surface area contributed by atoms with Gasteiger partial charge in [0.25, 0.3) is 0 Å². The van der Waals surface area contributed by atoms with Gasteiger partial charge in [-0.05, 0) is 38.8 Å². The second-order valence-corrected chi connectivity index (χ2v) is 5.82. The molecule has 1 heterocycles. The molecule has 0 bridgehead atoms. The van der Waals surface area contributed by atoms with Crippen molar-refractivity contribution < 1.29 is 0 Å². The maximum atomic E-state index is 5.95. The molecule has 3 unspecified atom stereocenters. The van der Waals surface area contributed by atoms with Gasteiger partial charge in [0.2, 0.25) is 0 Å². The molecule has 3 atom stereocenters. The van der Waals surface area contributed by atoms with Gasteiger partial charge in [0, 0.05) is 31.7 Å². The molecule has 0 amide bonds. The Balaban J connectivity index is 1.93. The predicted molar refractivity (Wildman–Crippen MR) is 73.1 cm³/mol. The highest BCUT2D eigenvalue weighted by Crippen LogP contribution is 2.29. The molecule has 0 aromatic rings. The standard InChI is InChI=1S/C14H29N3/c1-3-16-8-9-17(11-12(16)2)14-7-5-4-6-13(14)10-15/h12-14H,3-11,15H2,1-2H3. The van der Waals surface area contributed by atoms with Crippen LogP contribution in [0, 0.1) is 5.92 Å². The van der Waals surface area contributed by atoms with Crippen molar-refractivity contribution in [1.82, 2.24) is 9.80 Å². The lowest BCUT2D eigenvalue weighted by molar-refractivity contribution is 0.0254. The van der Waals surface area contributed by atoms with E-state index in [1.807, 2.05) is 0 Å². The van der Waals surface area contributed by atoms with Crippen LogP contribution in [-0.2, 0) is 0 Å². The first-order valence-corrected chi connectivity index (χ1v) is 7.44. The molecule has 2 aliphatic rings. The van der Waals surface area contributed by atoms with Gasteiger partial charge in [-0.1, -0.05) is 19.8 Å². The maximum Gasteiger partial charge on any atom is 0.0195 e. The molecular formula is C14H29N3. The summed E-state index contributed by atoms with van der Waals surface area (Å²) in [5.74, 6) is 0.754. The van der Waals surface area contributed by atoms with Crippen LogP contribution in [0.1, 0.15) is 39.5 Å². The van der Waals surface area contributed by atoms with Crippen molar-refractivity contribution in [3.05, 3.63) is 0 Å². The third-order valence-electron chi connectivity index (χ3n) is 4.84. The van der Waals surface area contributed by atoms with Gasteiger partial charge in [0.05, 0.1) is 0 Å². The van der Waals surface area contributed by atoms with Gasteiger partial charge >= 0.3 is 0 Å². The van der Waals surface area contributed by atoms with E-state index in [0.717, 1.165) is 18.5 Å². The first-order chi connectivity index (χ1) is 8.26. The molecule has 2 rings (SSSR count). The van der Waals surface area contributed by atoms with Gasteiger partial charge in [-0.25, -0.2) is 0 Å². The molecule has 1 saturated carbocycles. The zero-order chi connectivity index (χ0) is 12.3. The van der Waals surface area contributed by atoms with Gasteiger partial charge < -0.3 is 5.73 Å². The minimum Gasteiger partial charge on any atom is -0.330 e. The summed E-state index contributed by atoms with van der Waals surface area (Å²) in [4.78, 5) is 5.32. The van der Waals surface area contributed by atoms with E-state index >= 15 is 0 Å². The molecule has 2 fully saturated rings. The summed E-state index contributed by atoms with van der Waals surface area (Å²) in [6, 6.07) is 1.49. The highest BCUT2D eigenvalue weighted by molar-refractivity contribution is 4.88. The zero-order valence-corrected chi connectivity index (χ0v) is 11.6. The Morgan fingerprint density at radius 2 is 1.94 bits per heavy atom. The molecule has 17 heavy (non-hydrogen) atoms. The summed E-state index contributed by atoms with van der Waals surface area (Å²) in [6.45, 7) is 10.5. The molecular weight excluding hydrogens is 210 g/mol. The third-order valence-corrected chi connectivity index (χ3v) is 4.84. The lowest BCUT2D eigenvalue weighted by Gasteiger charge is -2.46. The van der Waals surface area contributed by atoms with E-state index in [9.17, 15) is 0 Å². The molecule has 1 aliphatic carbocycles. The monoisotopic (exact) mass is 239 g/mol. The molecule has 1 saturated heterocycles. The second-order valence-electron chi connectivity index (χ2n) is 5.82. The molecule has 0 aromatic heterocycles. The maximum absolute atomic E-state index is 5.95. The normalized spacial score (nSPS) is 37.2. The average molecular weight is 239 g/mol. The van der Waals surface area contributed by atoms with Gasteiger partial charge in [0.1, 0.15) is 0 Å². The summed E-state index contributed by atoms with van der Waals surface area (Å²) in [5, 5.41) is 0. The number of rotatable bonds is 3. The van der Waals surface area contributed by atoms with Crippen LogP contribution in [0.4, 0.5) is 0 Å². The largest absolute Gasteiger partial charge is 0.330 e. The zero-order valence-electron chi connectivity index (χ0n) is 11.6. The van der Waals surface area contributed by atoms with Crippen molar-refractivity contribution >= 4 is 0 Å². The number of hydrogen-bond donors (Lipinski definition) is 1. The van der Waals surface area contributed by atoms with Crippen molar-refractivity contribution in [1.29, 1.82) is 0 Å². The summed E-state index contributed by atoms with van der Waals surface area (Å²) in [6.07, 6.45) is 5.52. The van der Waals surface area contributed by atoms with Crippen LogP contribution in [0.5, 0.6) is 0 Å². The first-order valence-electron chi connectivity index (χ1n) is 7.44. The predicted octanol–water partition coefficient (Wildman–Crippen LogP) is 1.53. The van der Waals surface area contributed by atoms with Crippen molar-refractivity contribution in [3.63, 3.8) is 0 Å². The number of hydrogen-bond acceptors (Lipinski definition) is 3. The lowest BCUT2D eigenvalue weighted by atomic mass is 9.83. The van der Waals surface area contributed by atoms with Gasteiger partial charge in [0.15, 0.2) is 0 Å². The summed E-state index contributed by atoms with van der Waals surface area (Å²) in [5.41, 5.74) is 5.95.